The number of hydrogen-bond donors (Lipinski definition) is 2. The number of nitrogens with one attached hydrogen (secondary N) is 1. The fourth-order valence-electron chi connectivity index (χ4n) is 4.06. The normalized spacial score (nSPS) is 25.5. The Morgan fingerprint density at radius 2 is 2.09 bits per heavy atom. The zero-order valence-electron chi connectivity index (χ0n) is 18.4. The van der Waals surface area contributed by atoms with Crippen molar-refractivity contribution in [3.05, 3.63) is 30.9 Å². The number of imidazole rings is 2. The van der Waals surface area contributed by atoms with Crippen molar-refractivity contribution in [2.75, 3.05) is 12.3 Å². The molecule has 5 heterocycles. The lowest BCUT2D eigenvalue weighted by Crippen LogP contribution is -2.42. The quantitative estimate of drug-likeness (QED) is 0.531. The molecule has 33 heavy (non-hydrogen) atoms. The number of hydrogen-bond acceptors (Lipinski definition) is 9. The first-order valence-corrected chi connectivity index (χ1v) is 10.6. The number of likely N-dealkylation sites (N-methyl/N-ethyl adjacent to an activating group) is 1. The summed E-state index contributed by atoms with van der Waals surface area (Å²) in [6.07, 6.45) is 4.05. The van der Waals surface area contributed by atoms with Gasteiger partial charge >= 0.3 is 0 Å². The molecular formula is C21H24N8O4. The van der Waals surface area contributed by atoms with Gasteiger partial charge in [0.05, 0.1) is 19.2 Å². The third-order valence-electron chi connectivity index (χ3n) is 5.38. The number of anilines is 1. The van der Waals surface area contributed by atoms with Gasteiger partial charge in [-0.25, -0.2) is 19.9 Å². The lowest BCUT2D eigenvalue weighted by atomic mass is 10.1. The minimum Gasteiger partial charge on any atom is -0.382 e. The Bertz CT molecular complexity index is 1240. The number of carbonyl (C=O) groups is 1. The van der Waals surface area contributed by atoms with Crippen LogP contribution in [0.4, 0.5) is 5.82 Å². The van der Waals surface area contributed by atoms with Gasteiger partial charge < -0.3 is 29.8 Å². The van der Waals surface area contributed by atoms with Crippen LogP contribution in [0.15, 0.2) is 25.0 Å². The van der Waals surface area contributed by atoms with Gasteiger partial charge in [0, 0.05) is 18.9 Å². The van der Waals surface area contributed by atoms with Crippen LogP contribution in [-0.4, -0.2) is 65.6 Å². The van der Waals surface area contributed by atoms with E-state index in [1.165, 1.54) is 0 Å². The highest BCUT2D eigenvalue weighted by Crippen LogP contribution is 2.43. The second-order valence-corrected chi connectivity index (χ2v) is 8.20. The Hall–Kier alpha value is -3.53. The molecule has 0 unspecified atom stereocenters. The number of carbonyl (C=O) groups excluding carboxylic acids is 1. The number of nitrogens with zero attached hydrogens (tertiary/aromatic N) is 6. The Labute approximate surface area is 189 Å². The van der Waals surface area contributed by atoms with Crippen LogP contribution in [0.3, 0.4) is 0 Å². The van der Waals surface area contributed by atoms with Gasteiger partial charge in [0.25, 0.3) is 5.91 Å². The molecule has 2 saturated heterocycles. The first-order chi connectivity index (χ1) is 15.9. The highest BCUT2D eigenvalue weighted by Gasteiger charge is 2.58. The van der Waals surface area contributed by atoms with E-state index in [1.807, 2.05) is 17.7 Å². The van der Waals surface area contributed by atoms with Crippen molar-refractivity contribution in [1.82, 2.24) is 34.4 Å². The summed E-state index contributed by atoms with van der Waals surface area (Å²) in [4.78, 5) is 29.8. The van der Waals surface area contributed by atoms with E-state index in [4.69, 9.17) is 19.9 Å². The average Bonchev–Trinajstić information content (AvgIpc) is 3.52. The van der Waals surface area contributed by atoms with Crippen molar-refractivity contribution in [2.24, 2.45) is 0 Å². The van der Waals surface area contributed by atoms with Crippen LogP contribution in [-0.2, 0) is 25.5 Å². The number of rotatable bonds is 4. The van der Waals surface area contributed by atoms with Gasteiger partial charge in [0.2, 0.25) is 5.82 Å². The lowest BCUT2D eigenvalue weighted by molar-refractivity contribution is -0.197. The van der Waals surface area contributed by atoms with Crippen molar-refractivity contribution in [2.45, 2.75) is 57.6 Å². The molecule has 2 aliphatic heterocycles. The van der Waals surface area contributed by atoms with E-state index in [0.29, 0.717) is 24.3 Å². The molecule has 0 aromatic carbocycles. The van der Waals surface area contributed by atoms with Gasteiger partial charge in [-0.2, -0.15) is 0 Å². The van der Waals surface area contributed by atoms with Gasteiger partial charge in [0.15, 0.2) is 29.6 Å². The monoisotopic (exact) mass is 452 g/mol. The molecule has 0 radical (unpaired) electrons. The predicted molar refractivity (Wildman–Crippen MR) is 115 cm³/mol. The Kier molecular flexibility index (Phi) is 5.24. The molecule has 172 valence electrons. The van der Waals surface area contributed by atoms with E-state index in [9.17, 15) is 4.79 Å². The number of aromatic nitrogens is 6. The molecular weight excluding hydrogens is 428 g/mol. The molecule has 5 rings (SSSR count). The summed E-state index contributed by atoms with van der Waals surface area (Å²) in [7, 11) is 0. The van der Waals surface area contributed by atoms with Gasteiger partial charge in [-0.15, -0.1) is 0 Å². The third-order valence-corrected chi connectivity index (χ3v) is 5.38. The molecule has 2 aliphatic rings. The fourth-order valence-corrected chi connectivity index (χ4v) is 4.06. The molecule has 2 fully saturated rings. The zero-order chi connectivity index (χ0) is 23.2. The molecule has 12 nitrogen and oxygen atoms in total. The molecule has 3 aromatic rings. The zero-order valence-corrected chi connectivity index (χ0v) is 18.4. The first-order valence-electron chi connectivity index (χ1n) is 10.6. The van der Waals surface area contributed by atoms with E-state index in [2.05, 4.69) is 37.1 Å². The Balaban J connectivity index is 1.49. The smallest absolute Gasteiger partial charge is 0.252 e. The Morgan fingerprint density at radius 1 is 1.27 bits per heavy atom. The summed E-state index contributed by atoms with van der Waals surface area (Å²) in [6, 6.07) is 0. The van der Waals surface area contributed by atoms with E-state index in [-0.39, 0.29) is 17.5 Å². The molecule has 0 aliphatic carbocycles. The standard InChI is InChI=1S/C21H24N8O4/c1-4-24-19(30)15-14-16(33-21(2,3)32-14)20(31-15)29-11-25-13-17(22)26-12(27-18(13)29)6-5-8-28-9-7-23-10-28/h7,9-11,14-16,20H,4,8H2,1-3H3,(H,24,30)(H2,22,26,27)/t14-,15+,16-,20-/m1/s1. The van der Waals surface area contributed by atoms with Crippen LogP contribution in [0.1, 0.15) is 32.8 Å². The highest BCUT2D eigenvalue weighted by molar-refractivity contribution is 5.83. The molecule has 0 bridgehead atoms. The largest absolute Gasteiger partial charge is 0.382 e. The van der Waals surface area contributed by atoms with Crippen LogP contribution >= 0.6 is 0 Å². The number of nitrogen functional groups attached to an aromatic ring is 1. The Morgan fingerprint density at radius 3 is 2.85 bits per heavy atom. The van der Waals surface area contributed by atoms with Crippen molar-refractivity contribution in [1.29, 1.82) is 0 Å². The minimum absolute atomic E-state index is 0.199. The van der Waals surface area contributed by atoms with Gasteiger partial charge in [-0.05, 0) is 26.7 Å². The third kappa shape index (κ3) is 3.91. The average molecular weight is 452 g/mol. The second-order valence-electron chi connectivity index (χ2n) is 8.20. The first kappa shape index (κ1) is 21.3. The van der Waals surface area contributed by atoms with Crippen LogP contribution in [0, 0.1) is 11.8 Å². The van der Waals surface area contributed by atoms with Gasteiger partial charge in [0.1, 0.15) is 17.7 Å². The van der Waals surface area contributed by atoms with E-state index in [1.54, 1.807) is 37.3 Å². The topological polar surface area (TPSA) is 144 Å². The molecule has 1 amide bonds. The van der Waals surface area contributed by atoms with Crippen LogP contribution in [0.2, 0.25) is 0 Å². The summed E-state index contributed by atoms with van der Waals surface area (Å²) >= 11 is 0. The molecule has 12 heteroatoms. The molecule has 4 atom stereocenters. The second kappa shape index (κ2) is 8.11. The number of ether oxygens (including phenoxy) is 3. The number of fused-ring (bicyclic) bond motifs is 2. The van der Waals surface area contributed by atoms with E-state index >= 15 is 0 Å². The summed E-state index contributed by atoms with van der Waals surface area (Å²) in [6.45, 7) is 6.36. The minimum atomic E-state index is -0.865. The highest BCUT2D eigenvalue weighted by atomic mass is 16.8. The van der Waals surface area contributed by atoms with Crippen LogP contribution < -0.4 is 11.1 Å². The number of nitrogens with two attached hydrogens (primary N) is 1. The molecule has 3 aromatic heterocycles. The lowest BCUT2D eigenvalue weighted by Gasteiger charge is -2.24. The van der Waals surface area contributed by atoms with Crippen LogP contribution in [0.5, 0.6) is 0 Å². The molecule has 3 N–H and O–H groups in total. The summed E-state index contributed by atoms with van der Waals surface area (Å²) in [5.41, 5.74) is 6.97. The number of amides is 1. The molecule has 0 saturated carbocycles. The predicted octanol–water partition coefficient (Wildman–Crippen LogP) is 0.210. The molecule has 0 spiro atoms. The van der Waals surface area contributed by atoms with Crippen molar-refractivity contribution < 1.29 is 19.0 Å². The maximum Gasteiger partial charge on any atom is 0.252 e. The van der Waals surface area contributed by atoms with Crippen molar-refractivity contribution in [3.8, 4) is 11.8 Å². The summed E-state index contributed by atoms with van der Waals surface area (Å²) in [5, 5.41) is 2.79. The maximum absolute atomic E-state index is 12.6. The SMILES string of the molecule is CCNC(=O)[C@H]1O[C@@H](n2cnc3c(N)nc(C#CCn4ccnc4)nc32)[C@@H]2OC(C)(C)O[C@@H]21. The van der Waals surface area contributed by atoms with E-state index < -0.39 is 30.3 Å². The maximum atomic E-state index is 12.6. The van der Waals surface area contributed by atoms with Crippen molar-refractivity contribution in [3.63, 3.8) is 0 Å². The fraction of sp³-hybridized carbons (Fsp3) is 0.476. The summed E-state index contributed by atoms with van der Waals surface area (Å²) < 4.78 is 21.7. The van der Waals surface area contributed by atoms with Gasteiger partial charge in [-0.1, -0.05) is 5.92 Å². The van der Waals surface area contributed by atoms with Gasteiger partial charge in [-0.3, -0.25) is 9.36 Å². The van der Waals surface area contributed by atoms with Crippen molar-refractivity contribution >= 4 is 22.9 Å². The van der Waals surface area contributed by atoms with E-state index in [0.717, 1.165) is 0 Å². The summed E-state index contributed by atoms with van der Waals surface area (Å²) in [5.74, 6) is 5.24. The van der Waals surface area contributed by atoms with Crippen LogP contribution in [0.25, 0.3) is 11.2 Å².